The third-order valence-corrected chi connectivity index (χ3v) is 3.16. The second-order valence-electron chi connectivity index (χ2n) is 4.39. The van der Waals surface area contributed by atoms with E-state index in [0.717, 1.165) is 38.3 Å². The number of para-hydroxylation sites is 1. The molecular weight excluding hydrogens is 214 g/mol. The molecule has 92 valence electrons. The second kappa shape index (κ2) is 5.68. The van der Waals surface area contributed by atoms with Crippen molar-refractivity contribution in [3.8, 4) is 0 Å². The first-order chi connectivity index (χ1) is 8.25. The predicted molar refractivity (Wildman–Crippen MR) is 68.6 cm³/mol. The van der Waals surface area contributed by atoms with E-state index in [4.69, 9.17) is 5.73 Å². The summed E-state index contributed by atoms with van der Waals surface area (Å²) in [6.07, 6.45) is 1.55. The number of nitrogens with two attached hydrogens (primary N) is 1. The minimum absolute atomic E-state index is 0.159. The lowest BCUT2D eigenvalue weighted by molar-refractivity contribution is -0.120. The van der Waals surface area contributed by atoms with E-state index < -0.39 is 0 Å². The number of hydrogen-bond acceptors (Lipinski definition) is 3. The monoisotopic (exact) mass is 233 g/mol. The van der Waals surface area contributed by atoms with Crippen LogP contribution in [0.15, 0.2) is 24.3 Å². The largest absolute Gasteiger partial charge is 0.399 e. The zero-order valence-electron chi connectivity index (χ0n) is 9.98. The van der Waals surface area contributed by atoms with Gasteiger partial charge in [0, 0.05) is 38.3 Å². The molecule has 0 atom stereocenters. The maximum absolute atomic E-state index is 11.2. The number of rotatable bonds is 3. The minimum Gasteiger partial charge on any atom is -0.399 e. The molecule has 1 aliphatic rings. The number of nitrogen functional groups attached to an aromatic ring is 1. The number of amides is 1. The maximum Gasteiger partial charge on any atom is 0.221 e. The van der Waals surface area contributed by atoms with Crippen LogP contribution in [0.1, 0.15) is 12.0 Å². The Labute approximate surface area is 102 Å². The summed E-state index contributed by atoms with van der Waals surface area (Å²) in [5, 5.41) is 2.88. The van der Waals surface area contributed by atoms with E-state index in [1.165, 1.54) is 5.56 Å². The topological polar surface area (TPSA) is 58.4 Å². The molecule has 0 radical (unpaired) electrons. The van der Waals surface area contributed by atoms with Crippen LogP contribution in [0.25, 0.3) is 0 Å². The van der Waals surface area contributed by atoms with Crippen molar-refractivity contribution >= 4 is 11.6 Å². The number of nitrogens with zero attached hydrogens (tertiary/aromatic N) is 1. The van der Waals surface area contributed by atoms with E-state index in [1.54, 1.807) is 0 Å². The molecule has 0 aromatic heterocycles. The molecule has 1 amide bonds. The molecule has 0 saturated carbocycles. The van der Waals surface area contributed by atoms with Crippen molar-refractivity contribution in [3.63, 3.8) is 0 Å². The number of carbonyl (C=O) groups excluding carboxylic acids is 1. The minimum atomic E-state index is 0.159. The number of nitrogens with one attached hydrogen (secondary N) is 1. The molecule has 0 bridgehead atoms. The Hall–Kier alpha value is -1.55. The standard InChI is InChI=1S/C13H19N3O/c14-12-4-2-1-3-11(12)5-8-16-9-6-13(17)15-7-10-16/h1-4H,5-10,14H2,(H,15,17). The first-order valence-corrected chi connectivity index (χ1v) is 6.08. The van der Waals surface area contributed by atoms with Gasteiger partial charge in [0.15, 0.2) is 0 Å². The molecule has 4 nitrogen and oxygen atoms in total. The van der Waals surface area contributed by atoms with Crippen molar-refractivity contribution in [1.29, 1.82) is 0 Å². The van der Waals surface area contributed by atoms with Crippen molar-refractivity contribution in [2.45, 2.75) is 12.8 Å². The average Bonchev–Trinajstić information content (AvgIpc) is 2.53. The Kier molecular flexibility index (Phi) is 3.98. The number of benzene rings is 1. The lowest BCUT2D eigenvalue weighted by atomic mass is 10.1. The number of anilines is 1. The highest BCUT2D eigenvalue weighted by Gasteiger charge is 2.13. The molecule has 2 rings (SSSR count). The van der Waals surface area contributed by atoms with Gasteiger partial charge in [0.1, 0.15) is 0 Å². The van der Waals surface area contributed by atoms with Crippen LogP contribution in [0, 0.1) is 0 Å². The van der Waals surface area contributed by atoms with E-state index in [-0.39, 0.29) is 5.91 Å². The Morgan fingerprint density at radius 2 is 2.12 bits per heavy atom. The van der Waals surface area contributed by atoms with Crippen LogP contribution in [0.4, 0.5) is 5.69 Å². The van der Waals surface area contributed by atoms with Crippen LogP contribution in [0.3, 0.4) is 0 Å². The molecule has 1 heterocycles. The van der Waals surface area contributed by atoms with Gasteiger partial charge in [0.05, 0.1) is 0 Å². The normalized spacial score (nSPS) is 17.5. The molecule has 1 saturated heterocycles. The van der Waals surface area contributed by atoms with E-state index in [0.29, 0.717) is 6.42 Å². The number of hydrogen-bond donors (Lipinski definition) is 2. The molecule has 4 heteroatoms. The summed E-state index contributed by atoms with van der Waals surface area (Å²) in [4.78, 5) is 13.5. The fourth-order valence-electron chi connectivity index (χ4n) is 2.08. The van der Waals surface area contributed by atoms with Crippen molar-refractivity contribution in [2.75, 3.05) is 31.9 Å². The predicted octanol–water partition coefficient (Wildman–Crippen LogP) is 0.633. The van der Waals surface area contributed by atoms with Gasteiger partial charge in [0.2, 0.25) is 5.91 Å². The zero-order chi connectivity index (χ0) is 12.1. The van der Waals surface area contributed by atoms with Crippen LogP contribution in [0.2, 0.25) is 0 Å². The SMILES string of the molecule is Nc1ccccc1CCN1CCNC(=O)CC1. The Morgan fingerprint density at radius 3 is 2.94 bits per heavy atom. The number of carbonyl (C=O) groups is 1. The quantitative estimate of drug-likeness (QED) is 0.753. The van der Waals surface area contributed by atoms with E-state index in [2.05, 4.69) is 16.3 Å². The van der Waals surface area contributed by atoms with Gasteiger partial charge in [-0.1, -0.05) is 18.2 Å². The molecular formula is C13H19N3O. The van der Waals surface area contributed by atoms with E-state index in [1.807, 2.05) is 18.2 Å². The Bertz CT molecular complexity index is 392. The van der Waals surface area contributed by atoms with Gasteiger partial charge in [0.25, 0.3) is 0 Å². The molecule has 3 N–H and O–H groups in total. The van der Waals surface area contributed by atoms with Crippen molar-refractivity contribution in [1.82, 2.24) is 10.2 Å². The second-order valence-corrected chi connectivity index (χ2v) is 4.39. The third kappa shape index (κ3) is 3.46. The average molecular weight is 233 g/mol. The van der Waals surface area contributed by atoms with Gasteiger partial charge < -0.3 is 16.0 Å². The van der Waals surface area contributed by atoms with E-state index in [9.17, 15) is 4.79 Å². The maximum atomic E-state index is 11.2. The van der Waals surface area contributed by atoms with Crippen LogP contribution in [-0.2, 0) is 11.2 Å². The molecule has 1 aromatic carbocycles. The molecule has 0 spiro atoms. The zero-order valence-corrected chi connectivity index (χ0v) is 9.98. The smallest absolute Gasteiger partial charge is 0.221 e. The molecule has 0 aliphatic carbocycles. The van der Waals surface area contributed by atoms with Gasteiger partial charge in [-0.3, -0.25) is 4.79 Å². The molecule has 0 unspecified atom stereocenters. The summed E-state index contributed by atoms with van der Waals surface area (Å²) in [6, 6.07) is 7.96. The van der Waals surface area contributed by atoms with Gasteiger partial charge in [-0.15, -0.1) is 0 Å². The first kappa shape index (κ1) is 11.9. The lowest BCUT2D eigenvalue weighted by Crippen LogP contribution is -2.30. The van der Waals surface area contributed by atoms with E-state index >= 15 is 0 Å². The highest BCUT2D eigenvalue weighted by molar-refractivity contribution is 5.76. The molecule has 1 fully saturated rings. The first-order valence-electron chi connectivity index (χ1n) is 6.08. The summed E-state index contributed by atoms with van der Waals surface area (Å²) >= 11 is 0. The van der Waals surface area contributed by atoms with Gasteiger partial charge >= 0.3 is 0 Å². The van der Waals surface area contributed by atoms with Crippen molar-refractivity contribution in [3.05, 3.63) is 29.8 Å². The fraction of sp³-hybridized carbons (Fsp3) is 0.462. The van der Waals surface area contributed by atoms with Crippen LogP contribution in [-0.4, -0.2) is 37.0 Å². The van der Waals surface area contributed by atoms with Crippen molar-refractivity contribution < 1.29 is 4.79 Å². The third-order valence-electron chi connectivity index (χ3n) is 3.16. The molecule has 1 aromatic rings. The summed E-state index contributed by atoms with van der Waals surface area (Å²) in [7, 11) is 0. The summed E-state index contributed by atoms with van der Waals surface area (Å²) in [6.45, 7) is 3.49. The van der Waals surface area contributed by atoms with Crippen LogP contribution < -0.4 is 11.1 Å². The lowest BCUT2D eigenvalue weighted by Gasteiger charge is -2.19. The van der Waals surface area contributed by atoms with Crippen LogP contribution in [0.5, 0.6) is 0 Å². The molecule has 17 heavy (non-hydrogen) atoms. The van der Waals surface area contributed by atoms with Gasteiger partial charge in [-0.25, -0.2) is 0 Å². The van der Waals surface area contributed by atoms with Crippen LogP contribution >= 0.6 is 0 Å². The Morgan fingerprint density at radius 1 is 1.29 bits per heavy atom. The highest BCUT2D eigenvalue weighted by Crippen LogP contribution is 2.11. The summed E-state index contributed by atoms with van der Waals surface area (Å²) < 4.78 is 0. The molecule has 1 aliphatic heterocycles. The fourth-order valence-corrected chi connectivity index (χ4v) is 2.08. The van der Waals surface area contributed by atoms with Crippen molar-refractivity contribution in [2.24, 2.45) is 0 Å². The highest BCUT2D eigenvalue weighted by atomic mass is 16.1. The van der Waals surface area contributed by atoms with Gasteiger partial charge in [-0.2, -0.15) is 0 Å². The summed E-state index contributed by atoms with van der Waals surface area (Å²) in [5.74, 6) is 0.159. The van der Waals surface area contributed by atoms with Gasteiger partial charge in [-0.05, 0) is 18.1 Å². The Balaban J connectivity index is 1.85. The summed E-state index contributed by atoms with van der Waals surface area (Å²) in [5.41, 5.74) is 7.95.